The van der Waals surface area contributed by atoms with Crippen LogP contribution in [0.1, 0.15) is 252 Å². The number of aliphatic hydroxyl groups is 2. The lowest BCUT2D eigenvalue weighted by molar-refractivity contribution is -0.151. The zero-order valence-electron chi connectivity index (χ0n) is 39.1. The average Bonchev–Trinajstić information content (AvgIpc) is 3.23. The van der Waals surface area contributed by atoms with Crippen LogP contribution in [0.5, 0.6) is 0 Å². The van der Waals surface area contributed by atoms with E-state index in [1.807, 2.05) is 0 Å². The summed E-state index contributed by atoms with van der Waals surface area (Å²) in [5.74, 6) is -0.519. The number of amides is 1. The lowest BCUT2D eigenvalue weighted by Crippen LogP contribution is -2.46. The second-order valence-electron chi connectivity index (χ2n) is 17.2. The van der Waals surface area contributed by atoms with Crippen LogP contribution in [0.15, 0.2) is 48.6 Å². The molecule has 3 atom stereocenters. The number of aliphatic hydroxyl groups excluding tert-OH is 2. The molecule has 0 aromatic heterocycles. The van der Waals surface area contributed by atoms with Crippen molar-refractivity contribution in [2.75, 3.05) is 6.61 Å². The average molecular weight is 828 g/mol. The highest BCUT2D eigenvalue weighted by atomic mass is 16.5. The van der Waals surface area contributed by atoms with Crippen molar-refractivity contribution in [1.29, 1.82) is 0 Å². The Morgan fingerprint density at radius 2 is 0.915 bits per heavy atom. The molecule has 3 N–H and O–H groups in total. The maximum absolute atomic E-state index is 13.2. The summed E-state index contributed by atoms with van der Waals surface area (Å²) >= 11 is 0. The van der Waals surface area contributed by atoms with E-state index >= 15 is 0 Å². The Balaban J connectivity index is 4.57. The third-order valence-corrected chi connectivity index (χ3v) is 11.4. The SMILES string of the molecule is CC/C=C/C/C=C/C/C=C/CCCCC(CC(=O)NC(CO)C(O)CCCCCCCCCCCC)OC(=O)CCCCCCC/C=C/CCCCCCCCCCC. The summed E-state index contributed by atoms with van der Waals surface area (Å²) in [4.78, 5) is 26.1. The minimum atomic E-state index is -0.797. The van der Waals surface area contributed by atoms with Gasteiger partial charge in [-0.05, 0) is 83.5 Å². The van der Waals surface area contributed by atoms with Gasteiger partial charge in [-0.1, -0.05) is 204 Å². The zero-order valence-corrected chi connectivity index (χ0v) is 39.1. The number of unbranched alkanes of at least 4 members (excludes halogenated alkanes) is 25. The third kappa shape index (κ3) is 42.3. The van der Waals surface area contributed by atoms with Crippen LogP contribution in [0.25, 0.3) is 0 Å². The molecule has 0 radical (unpaired) electrons. The van der Waals surface area contributed by atoms with Crippen LogP contribution in [-0.4, -0.2) is 46.9 Å². The molecule has 0 bridgehead atoms. The summed E-state index contributed by atoms with van der Waals surface area (Å²) < 4.78 is 5.90. The first-order valence-corrected chi connectivity index (χ1v) is 25.4. The fraction of sp³-hybridized carbons (Fsp3) is 0.811. The van der Waals surface area contributed by atoms with Gasteiger partial charge in [0.15, 0.2) is 0 Å². The first-order valence-electron chi connectivity index (χ1n) is 25.4. The van der Waals surface area contributed by atoms with Gasteiger partial charge in [0.05, 0.1) is 25.2 Å². The highest BCUT2D eigenvalue weighted by molar-refractivity contribution is 5.77. The molecule has 0 heterocycles. The maximum atomic E-state index is 13.2. The van der Waals surface area contributed by atoms with Gasteiger partial charge in [-0.15, -0.1) is 0 Å². The summed E-state index contributed by atoms with van der Waals surface area (Å²) in [5, 5.41) is 23.7. The summed E-state index contributed by atoms with van der Waals surface area (Å²) in [7, 11) is 0. The van der Waals surface area contributed by atoms with Gasteiger partial charge < -0.3 is 20.3 Å². The normalized spacial score (nSPS) is 13.6. The molecule has 0 rings (SSSR count). The Morgan fingerprint density at radius 3 is 1.42 bits per heavy atom. The molecule has 0 aliphatic carbocycles. The molecular weight excluding hydrogens is 731 g/mol. The van der Waals surface area contributed by atoms with E-state index in [1.165, 1.54) is 122 Å². The number of carbonyl (C=O) groups excluding carboxylic acids is 2. The van der Waals surface area contributed by atoms with Crippen LogP contribution >= 0.6 is 0 Å². The molecule has 3 unspecified atom stereocenters. The fourth-order valence-electron chi connectivity index (χ4n) is 7.56. The molecule has 6 nitrogen and oxygen atoms in total. The quantitative estimate of drug-likeness (QED) is 0.0323. The van der Waals surface area contributed by atoms with E-state index in [-0.39, 0.29) is 24.9 Å². The second kappa shape index (κ2) is 46.9. The third-order valence-electron chi connectivity index (χ3n) is 11.4. The number of nitrogens with one attached hydrogen (secondary N) is 1. The van der Waals surface area contributed by atoms with Crippen molar-refractivity contribution in [3.05, 3.63) is 48.6 Å². The van der Waals surface area contributed by atoms with Gasteiger partial charge in [0.25, 0.3) is 0 Å². The number of rotatable bonds is 45. The van der Waals surface area contributed by atoms with E-state index in [0.717, 1.165) is 83.5 Å². The van der Waals surface area contributed by atoms with Crippen LogP contribution in [0.4, 0.5) is 0 Å². The van der Waals surface area contributed by atoms with Gasteiger partial charge in [0.1, 0.15) is 6.10 Å². The molecule has 0 saturated carbocycles. The Hall–Kier alpha value is -2.18. The molecule has 0 aromatic carbocycles. The van der Waals surface area contributed by atoms with E-state index in [9.17, 15) is 19.8 Å². The highest BCUT2D eigenvalue weighted by Crippen LogP contribution is 2.17. The first kappa shape index (κ1) is 56.8. The Bertz CT molecular complexity index is 1020. The fourth-order valence-corrected chi connectivity index (χ4v) is 7.56. The van der Waals surface area contributed by atoms with Crippen LogP contribution in [0.3, 0.4) is 0 Å². The topological polar surface area (TPSA) is 95.9 Å². The molecule has 1 amide bonds. The zero-order chi connectivity index (χ0) is 43.1. The van der Waals surface area contributed by atoms with Crippen LogP contribution in [-0.2, 0) is 14.3 Å². The lowest BCUT2D eigenvalue weighted by Gasteiger charge is -2.24. The van der Waals surface area contributed by atoms with Crippen molar-refractivity contribution in [3.63, 3.8) is 0 Å². The standard InChI is InChI=1S/C53H97NO5/c1-4-7-10-13-16-19-22-24-25-26-27-28-29-31-34-37-40-43-46-53(58)59-49(44-41-38-35-32-30-23-20-17-14-11-8-5-2)47-52(57)54-50(48-55)51(56)45-42-39-36-33-21-18-15-12-9-6-3/h8,11,17,20,27-28,30,32,49-51,55-56H,4-7,9-10,12-16,18-19,21-26,29,31,33-48H2,1-3H3,(H,54,57)/b11-8+,20-17+,28-27+,32-30+. The van der Waals surface area contributed by atoms with Gasteiger partial charge in [-0.25, -0.2) is 0 Å². The largest absolute Gasteiger partial charge is 0.462 e. The van der Waals surface area contributed by atoms with Gasteiger partial charge >= 0.3 is 5.97 Å². The molecule has 0 aromatic rings. The molecule has 0 saturated heterocycles. The minimum Gasteiger partial charge on any atom is -0.462 e. The molecule has 59 heavy (non-hydrogen) atoms. The van der Waals surface area contributed by atoms with Gasteiger partial charge in [0.2, 0.25) is 5.91 Å². The van der Waals surface area contributed by atoms with E-state index in [2.05, 4.69) is 74.7 Å². The second-order valence-corrected chi connectivity index (χ2v) is 17.2. The molecule has 0 aliphatic heterocycles. The highest BCUT2D eigenvalue weighted by Gasteiger charge is 2.24. The predicted molar refractivity (Wildman–Crippen MR) is 255 cm³/mol. The van der Waals surface area contributed by atoms with E-state index in [0.29, 0.717) is 19.3 Å². The molecule has 6 heteroatoms. The molecular formula is C53H97NO5. The number of hydrogen-bond acceptors (Lipinski definition) is 5. The summed E-state index contributed by atoms with van der Waals surface area (Å²) in [6.07, 6.45) is 56.1. The number of ether oxygens (including phenoxy) is 1. The molecule has 0 aliphatic rings. The Kier molecular flexibility index (Phi) is 45.1. The molecule has 0 fully saturated rings. The van der Waals surface area contributed by atoms with Crippen molar-refractivity contribution < 1.29 is 24.5 Å². The van der Waals surface area contributed by atoms with Gasteiger partial charge in [0, 0.05) is 6.42 Å². The van der Waals surface area contributed by atoms with Crippen molar-refractivity contribution in [2.24, 2.45) is 0 Å². The van der Waals surface area contributed by atoms with Crippen LogP contribution in [0.2, 0.25) is 0 Å². The summed E-state index contributed by atoms with van der Waals surface area (Å²) in [5.41, 5.74) is 0. The smallest absolute Gasteiger partial charge is 0.306 e. The summed E-state index contributed by atoms with van der Waals surface area (Å²) in [6.45, 7) is 6.35. The Morgan fingerprint density at radius 1 is 0.508 bits per heavy atom. The van der Waals surface area contributed by atoms with Gasteiger partial charge in [-0.3, -0.25) is 9.59 Å². The molecule has 0 spiro atoms. The van der Waals surface area contributed by atoms with E-state index in [1.54, 1.807) is 0 Å². The minimum absolute atomic E-state index is 0.0486. The van der Waals surface area contributed by atoms with Crippen molar-refractivity contribution in [3.8, 4) is 0 Å². The van der Waals surface area contributed by atoms with Crippen molar-refractivity contribution in [1.82, 2.24) is 5.32 Å². The number of allylic oxidation sites excluding steroid dienone is 8. The van der Waals surface area contributed by atoms with E-state index in [4.69, 9.17) is 4.74 Å². The first-order chi connectivity index (χ1) is 29.0. The molecule has 344 valence electrons. The predicted octanol–water partition coefficient (Wildman–Crippen LogP) is 15.1. The van der Waals surface area contributed by atoms with E-state index < -0.39 is 18.2 Å². The van der Waals surface area contributed by atoms with Crippen LogP contribution < -0.4 is 5.32 Å². The maximum Gasteiger partial charge on any atom is 0.306 e. The Labute approximate surface area is 366 Å². The number of carbonyl (C=O) groups is 2. The number of esters is 1. The van der Waals surface area contributed by atoms with Crippen LogP contribution in [0, 0.1) is 0 Å². The number of hydrogen-bond donors (Lipinski definition) is 3. The van der Waals surface area contributed by atoms with Crippen molar-refractivity contribution >= 4 is 11.9 Å². The van der Waals surface area contributed by atoms with Crippen molar-refractivity contribution in [2.45, 2.75) is 270 Å². The lowest BCUT2D eigenvalue weighted by atomic mass is 10.0. The van der Waals surface area contributed by atoms with Gasteiger partial charge in [-0.2, -0.15) is 0 Å². The summed E-state index contributed by atoms with van der Waals surface area (Å²) in [6, 6.07) is -0.713. The monoisotopic (exact) mass is 828 g/mol.